The largest absolute Gasteiger partial charge is 0.481 e. The molecule has 0 spiro atoms. The molecule has 1 fully saturated rings. The molecule has 14 heavy (non-hydrogen) atoms. The molecule has 0 aromatic carbocycles. The molecular formula is C10H20N2O2. The van der Waals surface area contributed by atoms with Crippen LogP contribution >= 0.6 is 0 Å². The molecule has 2 unspecified atom stereocenters. The first kappa shape index (κ1) is 11.5. The Bertz CT molecular complexity index is 198. The Hall–Kier alpha value is -0.610. The molecule has 82 valence electrons. The maximum absolute atomic E-state index is 10.4. The minimum Gasteiger partial charge on any atom is -0.481 e. The van der Waals surface area contributed by atoms with Gasteiger partial charge in [-0.05, 0) is 27.4 Å². The maximum atomic E-state index is 10.4. The minimum absolute atomic E-state index is 0.241. The SMILES string of the molecule is CC1CC(N(C)CCC(=O)O)CN1C. The molecule has 1 saturated heterocycles. The van der Waals surface area contributed by atoms with Crippen molar-refractivity contribution in [3.05, 3.63) is 0 Å². The van der Waals surface area contributed by atoms with Gasteiger partial charge in [-0.1, -0.05) is 0 Å². The molecule has 4 heteroatoms. The second-order valence-electron chi connectivity index (χ2n) is 4.30. The van der Waals surface area contributed by atoms with Gasteiger partial charge in [0.2, 0.25) is 0 Å². The summed E-state index contributed by atoms with van der Waals surface area (Å²) in [6, 6.07) is 1.14. The number of nitrogens with zero attached hydrogens (tertiary/aromatic N) is 2. The van der Waals surface area contributed by atoms with E-state index in [0.29, 0.717) is 18.6 Å². The Balaban J connectivity index is 2.31. The third-order valence-electron chi connectivity index (χ3n) is 3.17. The fourth-order valence-corrected chi connectivity index (χ4v) is 1.93. The van der Waals surface area contributed by atoms with Crippen molar-refractivity contribution in [1.82, 2.24) is 9.80 Å². The lowest BCUT2D eigenvalue weighted by Crippen LogP contribution is -2.35. The molecule has 0 aliphatic carbocycles. The Kier molecular flexibility index (Phi) is 3.89. The second kappa shape index (κ2) is 4.75. The Morgan fingerprint density at radius 3 is 2.71 bits per heavy atom. The first-order valence-electron chi connectivity index (χ1n) is 5.13. The van der Waals surface area contributed by atoms with Crippen LogP contribution in [0.1, 0.15) is 19.8 Å². The number of rotatable bonds is 4. The molecule has 0 bridgehead atoms. The third-order valence-corrected chi connectivity index (χ3v) is 3.17. The van der Waals surface area contributed by atoms with Crippen LogP contribution in [0.5, 0.6) is 0 Å². The van der Waals surface area contributed by atoms with Crippen LogP contribution in [-0.4, -0.2) is 60.1 Å². The van der Waals surface area contributed by atoms with E-state index in [1.807, 2.05) is 7.05 Å². The van der Waals surface area contributed by atoms with Gasteiger partial charge in [0.25, 0.3) is 0 Å². The summed E-state index contributed by atoms with van der Waals surface area (Å²) in [4.78, 5) is 14.9. The number of likely N-dealkylation sites (N-methyl/N-ethyl adjacent to an activating group) is 2. The van der Waals surface area contributed by atoms with Crippen molar-refractivity contribution in [2.24, 2.45) is 0 Å². The van der Waals surface area contributed by atoms with Gasteiger partial charge in [-0.25, -0.2) is 0 Å². The van der Waals surface area contributed by atoms with E-state index in [-0.39, 0.29) is 6.42 Å². The topological polar surface area (TPSA) is 43.8 Å². The van der Waals surface area contributed by atoms with Gasteiger partial charge in [-0.15, -0.1) is 0 Å². The zero-order chi connectivity index (χ0) is 10.7. The molecule has 0 aromatic heterocycles. The number of hydrogen-bond acceptors (Lipinski definition) is 3. The highest BCUT2D eigenvalue weighted by Crippen LogP contribution is 2.19. The van der Waals surface area contributed by atoms with Gasteiger partial charge in [-0.3, -0.25) is 4.79 Å². The zero-order valence-corrected chi connectivity index (χ0v) is 9.23. The first-order valence-corrected chi connectivity index (χ1v) is 5.13. The van der Waals surface area contributed by atoms with E-state index in [1.165, 1.54) is 0 Å². The van der Waals surface area contributed by atoms with Crippen molar-refractivity contribution in [3.8, 4) is 0 Å². The third kappa shape index (κ3) is 2.96. The normalized spacial score (nSPS) is 28.6. The summed E-state index contributed by atoms with van der Waals surface area (Å²) in [5.74, 6) is -0.712. The molecule has 0 aromatic rings. The zero-order valence-electron chi connectivity index (χ0n) is 9.23. The lowest BCUT2D eigenvalue weighted by Gasteiger charge is -2.23. The van der Waals surface area contributed by atoms with Gasteiger partial charge in [-0.2, -0.15) is 0 Å². The average Bonchev–Trinajstić information content (AvgIpc) is 2.43. The van der Waals surface area contributed by atoms with E-state index >= 15 is 0 Å². The summed E-state index contributed by atoms with van der Waals surface area (Å²) in [6.45, 7) is 3.92. The number of carboxylic acids is 1. The molecule has 1 aliphatic heterocycles. The molecule has 0 radical (unpaired) electrons. The minimum atomic E-state index is -0.712. The molecule has 1 N–H and O–H groups in total. The summed E-state index contributed by atoms with van der Waals surface area (Å²) in [7, 11) is 4.13. The highest BCUT2D eigenvalue weighted by molar-refractivity contribution is 5.66. The summed E-state index contributed by atoms with van der Waals surface area (Å²) in [5, 5.41) is 8.57. The van der Waals surface area contributed by atoms with Crippen LogP contribution in [0.25, 0.3) is 0 Å². The fourth-order valence-electron chi connectivity index (χ4n) is 1.93. The number of aliphatic carboxylic acids is 1. The Morgan fingerprint density at radius 1 is 1.64 bits per heavy atom. The van der Waals surface area contributed by atoms with Crippen molar-refractivity contribution in [3.63, 3.8) is 0 Å². The van der Waals surface area contributed by atoms with Gasteiger partial charge < -0.3 is 14.9 Å². The molecule has 2 atom stereocenters. The van der Waals surface area contributed by atoms with Gasteiger partial charge in [0.05, 0.1) is 6.42 Å². The summed E-state index contributed by atoms with van der Waals surface area (Å²) >= 11 is 0. The lowest BCUT2D eigenvalue weighted by molar-refractivity contribution is -0.137. The first-order chi connectivity index (χ1) is 6.50. The van der Waals surface area contributed by atoms with Crippen molar-refractivity contribution in [2.75, 3.05) is 27.2 Å². The monoisotopic (exact) mass is 200 g/mol. The summed E-state index contributed by atoms with van der Waals surface area (Å²) in [5.41, 5.74) is 0. The predicted octanol–water partition coefficient (Wildman–Crippen LogP) is 0.486. The summed E-state index contributed by atoms with van der Waals surface area (Å²) < 4.78 is 0. The van der Waals surface area contributed by atoms with Crippen molar-refractivity contribution in [2.45, 2.75) is 31.8 Å². The van der Waals surface area contributed by atoms with Gasteiger partial charge in [0.1, 0.15) is 0 Å². The molecule has 4 nitrogen and oxygen atoms in total. The molecule has 1 heterocycles. The van der Waals surface area contributed by atoms with Crippen molar-refractivity contribution < 1.29 is 9.90 Å². The number of hydrogen-bond donors (Lipinski definition) is 1. The average molecular weight is 200 g/mol. The molecule has 1 rings (SSSR count). The Labute approximate surface area is 85.5 Å². The molecular weight excluding hydrogens is 180 g/mol. The van der Waals surface area contributed by atoms with Crippen LogP contribution in [0.4, 0.5) is 0 Å². The van der Waals surface area contributed by atoms with Gasteiger partial charge in [0.15, 0.2) is 0 Å². The highest BCUT2D eigenvalue weighted by atomic mass is 16.4. The number of carboxylic acid groups (broad SMARTS) is 1. The fraction of sp³-hybridized carbons (Fsp3) is 0.900. The van der Waals surface area contributed by atoms with Crippen molar-refractivity contribution in [1.29, 1.82) is 0 Å². The van der Waals surface area contributed by atoms with E-state index in [2.05, 4.69) is 23.8 Å². The van der Waals surface area contributed by atoms with E-state index in [1.54, 1.807) is 0 Å². The van der Waals surface area contributed by atoms with Gasteiger partial charge >= 0.3 is 5.97 Å². The predicted molar refractivity (Wildman–Crippen MR) is 55.4 cm³/mol. The second-order valence-corrected chi connectivity index (χ2v) is 4.30. The number of carbonyl (C=O) groups is 1. The molecule has 1 aliphatic rings. The van der Waals surface area contributed by atoms with Gasteiger partial charge in [0, 0.05) is 25.2 Å². The molecule has 0 amide bonds. The van der Waals surface area contributed by atoms with E-state index in [4.69, 9.17) is 5.11 Å². The van der Waals surface area contributed by atoms with Crippen LogP contribution in [-0.2, 0) is 4.79 Å². The van der Waals surface area contributed by atoms with E-state index in [0.717, 1.165) is 13.0 Å². The quantitative estimate of drug-likeness (QED) is 0.717. The molecule has 0 saturated carbocycles. The van der Waals surface area contributed by atoms with E-state index in [9.17, 15) is 4.79 Å². The maximum Gasteiger partial charge on any atom is 0.304 e. The lowest BCUT2D eigenvalue weighted by atomic mass is 10.1. The standard InChI is InChI=1S/C10H20N2O2/c1-8-6-9(7-12(8)3)11(2)5-4-10(13)14/h8-9H,4-7H2,1-3H3,(H,13,14). The summed E-state index contributed by atoms with van der Waals surface area (Å²) in [6.07, 6.45) is 1.39. The van der Waals surface area contributed by atoms with Crippen molar-refractivity contribution >= 4 is 5.97 Å². The van der Waals surface area contributed by atoms with Crippen LogP contribution in [0.3, 0.4) is 0 Å². The van der Waals surface area contributed by atoms with Crippen LogP contribution in [0.15, 0.2) is 0 Å². The smallest absolute Gasteiger partial charge is 0.304 e. The van der Waals surface area contributed by atoms with Crippen LogP contribution < -0.4 is 0 Å². The number of likely N-dealkylation sites (tertiary alicyclic amines) is 1. The van der Waals surface area contributed by atoms with E-state index < -0.39 is 5.97 Å². The Morgan fingerprint density at radius 2 is 2.29 bits per heavy atom. The highest BCUT2D eigenvalue weighted by Gasteiger charge is 2.28. The van der Waals surface area contributed by atoms with Crippen LogP contribution in [0, 0.1) is 0 Å². The van der Waals surface area contributed by atoms with Crippen LogP contribution in [0.2, 0.25) is 0 Å².